The predicted molar refractivity (Wildman–Crippen MR) is 158 cm³/mol. The summed E-state index contributed by atoms with van der Waals surface area (Å²) in [4.78, 5) is 0. The molecule has 0 radical (unpaired) electrons. The van der Waals surface area contributed by atoms with E-state index in [1.54, 1.807) is 0 Å². The Morgan fingerprint density at radius 3 is 1.68 bits per heavy atom. The molecule has 0 N–H and O–H groups in total. The minimum atomic E-state index is 0.202. The highest BCUT2D eigenvalue weighted by atomic mass is 16.5. The standard InChI is InChI=1S/C36H30O/c1-3-25(2)37-29-23-21-26(22-24-29)30-19-12-20-33-34(27-13-6-4-7-14-27)31-17-10-11-18-32(31)35(36(30)33)28-15-8-5-9-16-28/h4-25H,3H2,1-2H3. The molecule has 0 bridgehead atoms. The number of fused-ring (bicyclic) bond motifs is 2. The molecule has 6 aromatic rings. The molecule has 0 aromatic heterocycles. The van der Waals surface area contributed by atoms with Gasteiger partial charge in [0.1, 0.15) is 5.75 Å². The SMILES string of the molecule is CCC(C)Oc1ccc(-c2cccc3c(-c4ccccc4)c4ccccc4c(-c4ccccc4)c23)cc1. The van der Waals surface area contributed by atoms with Gasteiger partial charge in [-0.25, -0.2) is 0 Å². The molecular weight excluding hydrogens is 448 g/mol. The summed E-state index contributed by atoms with van der Waals surface area (Å²) < 4.78 is 6.07. The van der Waals surface area contributed by atoms with Crippen LogP contribution in [0.3, 0.4) is 0 Å². The Hall–Kier alpha value is -4.36. The highest BCUT2D eigenvalue weighted by molar-refractivity contribution is 6.24. The number of rotatable bonds is 6. The summed E-state index contributed by atoms with van der Waals surface area (Å²) in [6.45, 7) is 4.26. The molecule has 0 aliphatic rings. The lowest BCUT2D eigenvalue weighted by Gasteiger charge is -2.20. The van der Waals surface area contributed by atoms with Gasteiger partial charge in [-0.1, -0.05) is 122 Å². The van der Waals surface area contributed by atoms with Crippen LogP contribution >= 0.6 is 0 Å². The van der Waals surface area contributed by atoms with Gasteiger partial charge in [-0.2, -0.15) is 0 Å². The summed E-state index contributed by atoms with van der Waals surface area (Å²) in [5, 5.41) is 5.08. The van der Waals surface area contributed by atoms with Crippen LogP contribution in [0.5, 0.6) is 5.75 Å². The number of hydrogen-bond acceptors (Lipinski definition) is 1. The summed E-state index contributed by atoms with van der Waals surface area (Å²) in [5.74, 6) is 0.914. The molecule has 6 aromatic carbocycles. The van der Waals surface area contributed by atoms with Crippen molar-refractivity contribution in [2.24, 2.45) is 0 Å². The van der Waals surface area contributed by atoms with Gasteiger partial charge in [0.15, 0.2) is 0 Å². The molecule has 37 heavy (non-hydrogen) atoms. The summed E-state index contributed by atoms with van der Waals surface area (Å²) in [6.07, 6.45) is 1.19. The quantitative estimate of drug-likeness (QED) is 0.216. The van der Waals surface area contributed by atoms with Gasteiger partial charge in [0, 0.05) is 0 Å². The van der Waals surface area contributed by atoms with E-state index < -0.39 is 0 Å². The second kappa shape index (κ2) is 9.95. The monoisotopic (exact) mass is 478 g/mol. The van der Waals surface area contributed by atoms with Crippen LogP contribution in [0.4, 0.5) is 0 Å². The fourth-order valence-corrected chi connectivity index (χ4v) is 5.32. The van der Waals surface area contributed by atoms with E-state index in [1.165, 1.54) is 54.9 Å². The molecule has 0 fully saturated rings. The molecule has 1 nitrogen and oxygen atoms in total. The van der Waals surface area contributed by atoms with Crippen LogP contribution in [0.2, 0.25) is 0 Å². The van der Waals surface area contributed by atoms with E-state index in [0.717, 1.165) is 12.2 Å². The first kappa shape index (κ1) is 23.1. The van der Waals surface area contributed by atoms with Gasteiger partial charge >= 0.3 is 0 Å². The third kappa shape index (κ3) is 4.27. The highest BCUT2D eigenvalue weighted by Crippen LogP contribution is 2.46. The molecule has 0 aliphatic heterocycles. The Morgan fingerprint density at radius 1 is 0.514 bits per heavy atom. The fourth-order valence-electron chi connectivity index (χ4n) is 5.32. The van der Waals surface area contributed by atoms with Gasteiger partial charge in [0.25, 0.3) is 0 Å². The number of benzene rings is 6. The smallest absolute Gasteiger partial charge is 0.119 e. The first-order valence-electron chi connectivity index (χ1n) is 13.1. The van der Waals surface area contributed by atoms with Crippen molar-refractivity contribution in [1.82, 2.24) is 0 Å². The van der Waals surface area contributed by atoms with Crippen molar-refractivity contribution in [2.75, 3.05) is 0 Å². The maximum Gasteiger partial charge on any atom is 0.119 e. The molecule has 180 valence electrons. The summed E-state index contributed by atoms with van der Waals surface area (Å²) in [5.41, 5.74) is 7.44. The van der Waals surface area contributed by atoms with Crippen molar-refractivity contribution in [3.63, 3.8) is 0 Å². The molecule has 1 unspecified atom stereocenters. The zero-order valence-corrected chi connectivity index (χ0v) is 21.3. The van der Waals surface area contributed by atoms with E-state index in [2.05, 4.69) is 141 Å². The Bertz CT molecular complexity index is 1670. The zero-order chi connectivity index (χ0) is 25.2. The molecule has 0 spiro atoms. The van der Waals surface area contributed by atoms with Crippen molar-refractivity contribution >= 4 is 21.5 Å². The number of hydrogen-bond donors (Lipinski definition) is 0. The summed E-state index contributed by atoms with van der Waals surface area (Å²) in [7, 11) is 0. The fraction of sp³-hybridized carbons (Fsp3) is 0.111. The van der Waals surface area contributed by atoms with E-state index in [4.69, 9.17) is 4.74 Å². The second-order valence-electron chi connectivity index (χ2n) is 9.62. The third-order valence-corrected chi connectivity index (χ3v) is 7.25. The molecule has 0 saturated carbocycles. The van der Waals surface area contributed by atoms with Crippen molar-refractivity contribution in [3.8, 4) is 39.1 Å². The lowest BCUT2D eigenvalue weighted by atomic mass is 9.83. The lowest BCUT2D eigenvalue weighted by molar-refractivity contribution is 0.217. The molecular formula is C36H30O. The largest absolute Gasteiger partial charge is 0.491 e. The van der Waals surface area contributed by atoms with Crippen LogP contribution in [0.15, 0.2) is 127 Å². The molecule has 0 saturated heterocycles. The topological polar surface area (TPSA) is 9.23 Å². The van der Waals surface area contributed by atoms with E-state index in [1.807, 2.05) is 0 Å². The Kier molecular flexibility index (Phi) is 6.20. The third-order valence-electron chi connectivity index (χ3n) is 7.25. The van der Waals surface area contributed by atoms with Crippen molar-refractivity contribution in [3.05, 3.63) is 127 Å². The van der Waals surface area contributed by atoms with Gasteiger partial charge < -0.3 is 4.74 Å². The first-order valence-corrected chi connectivity index (χ1v) is 13.1. The van der Waals surface area contributed by atoms with E-state index in [9.17, 15) is 0 Å². The summed E-state index contributed by atoms with van der Waals surface area (Å²) >= 11 is 0. The zero-order valence-electron chi connectivity index (χ0n) is 21.3. The Labute approximate surface area is 219 Å². The maximum absolute atomic E-state index is 6.07. The van der Waals surface area contributed by atoms with Gasteiger partial charge in [-0.15, -0.1) is 0 Å². The first-order chi connectivity index (χ1) is 18.2. The molecule has 0 heterocycles. The molecule has 0 aliphatic carbocycles. The van der Waals surface area contributed by atoms with Crippen molar-refractivity contribution in [2.45, 2.75) is 26.4 Å². The Balaban J connectivity index is 1.70. The molecule has 1 heteroatoms. The maximum atomic E-state index is 6.07. The molecule has 6 rings (SSSR count). The van der Waals surface area contributed by atoms with E-state index in [-0.39, 0.29) is 6.10 Å². The van der Waals surface area contributed by atoms with Crippen LogP contribution in [-0.4, -0.2) is 6.10 Å². The average Bonchev–Trinajstić information content (AvgIpc) is 2.97. The van der Waals surface area contributed by atoms with Crippen molar-refractivity contribution in [1.29, 1.82) is 0 Å². The normalized spacial score (nSPS) is 12.1. The summed E-state index contributed by atoms with van der Waals surface area (Å²) in [6, 6.07) is 45.7. The molecule has 0 amide bonds. The van der Waals surface area contributed by atoms with Crippen LogP contribution in [-0.2, 0) is 0 Å². The van der Waals surface area contributed by atoms with Gasteiger partial charge in [-0.3, -0.25) is 0 Å². The van der Waals surface area contributed by atoms with E-state index >= 15 is 0 Å². The second-order valence-corrected chi connectivity index (χ2v) is 9.62. The van der Waals surface area contributed by atoms with Crippen molar-refractivity contribution < 1.29 is 4.74 Å². The minimum Gasteiger partial charge on any atom is -0.491 e. The molecule has 1 atom stereocenters. The van der Waals surface area contributed by atoms with Crippen LogP contribution in [0.25, 0.3) is 54.9 Å². The lowest BCUT2D eigenvalue weighted by Crippen LogP contribution is -2.09. The van der Waals surface area contributed by atoms with Gasteiger partial charge in [-0.05, 0) is 80.4 Å². The van der Waals surface area contributed by atoms with E-state index in [0.29, 0.717) is 0 Å². The number of ether oxygens (including phenoxy) is 1. The minimum absolute atomic E-state index is 0.202. The van der Waals surface area contributed by atoms with Crippen LogP contribution < -0.4 is 4.74 Å². The average molecular weight is 479 g/mol. The predicted octanol–water partition coefficient (Wildman–Crippen LogP) is 10.2. The highest BCUT2D eigenvalue weighted by Gasteiger charge is 2.19. The Morgan fingerprint density at radius 2 is 1.05 bits per heavy atom. The van der Waals surface area contributed by atoms with Gasteiger partial charge in [0.2, 0.25) is 0 Å². The van der Waals surface area contributed by atoms with Crippen LogP contribution in [0, 0.1) is 0 Å². The van der Waals surface area contributed by atoms with Gasteiger partial charge in [0.05, 0.1) is 6.10 Å². The van der Waals surface area contributed by atoms with Crippen LogP contribution in [0.1, 0.15) is 20.3 Å².